The first-order chi connectivity index (χ1) is 12.8. The molecular formula is C20H27NO6. The van der Waals surface area contributed by atoms with E-state index in [1.54, 1.807) is 13.8 Å². The van der Waals surface area contributed by atoms with E-state index >= 15 is 0 Å². The van der Waals surface area contributed by atoms with Crippen LogP contribution in [-0.4, -0.2) is 42.4 Å². The van der Waals surface area contributed by atoms with Crippen LogP contribution in [0.5, 0.6) is 0 Å². The summed E-state index contributed by atoms with van der Waals surface area (Å²) in [6, 6.07) is 9.61. The molecule has 27 heavy (non-hydrogen) atoms. The van der Waals surface area contributed by atoms with Crippen molar-refractivity contribution in [3.05, 3.63) is 48.0 Å². The Kier molecular flexibility index (Phi) is 7.26. The Balaban J connectivity index is 2.10. The lowest BCUT2D eigenvalue weighted by atomic mass is 9.99. The SMILES string of the molecule is CCOC(CCN1C(=O)C=CC1=O)(OCC)OOC(C)(C)c1ccccc1. The van der Waals surface area contributed by atoms with Crippen molar-refractivity contribution in [3.8, 4) is 0 Å². The van der Waals surface area contributed by atoms with E-state index in [0.717, 1.165) is 10.5 Å². The second kappa shape index (κ2) is 9.23. The molecule has 0 bridgehead atoms. The van der Waals surface area contributed by atoms with Crippen LogP contribution in [0.2, 0.25) is 0 Å². The fourth-order valence-corrected chi connectivity index (χ4v) is 2.67. The molecule has 0 N–H and O–H groups in total. The van der Waals surface area contributed by atoms with Gasteiger partial charge in [-0.25, -0.2) is 4.89 Å². The lowest BCUT2D eigenvalue weighted by Crippen LogP contribution is -2.45. The highest BCUT2D eigenvalue weighted by Crippen LogP contribution is 2.30. The van der Waals surface area contributed by atoms with Gasteiger partial charge in [0, 0.05) is 31.9 Å². The van der Waals surface area contributed by atoms with Crippen LogP contribution in [0, 0.1) is 0 Å². The van der Waals surface area contributed by atoms with Crippen LogP contribution in [0.3, 0.4) is 0 Å². The fourth-order valence-electron chi connectivity index (χ4n) is 2.67. The average Bonchev–Trinajstić information content (AvgIpc) is 2.97. The summed E-state index contributed by atoms with van der Waals surface area (Å²) < 4.78 is 11.4. The van der Waals surface area contributed by atoms with E-state index in [2.05, 4.69) is 0 Å². The molecule has 0 fully saturated rings. The van der Waals surface area contributed by atoms with Gasteiger partial charge in [-0.1, -0.05) is 30.3 Å². The minimum Gasteiger partial charge on any atom is -0.326 e. The summed E-state index contributed by atoms with van der Waals surface area (Å²) in [5.41, 5.74) is 0.155. The Hall–Kier alpha value is -2.06. The number of hydrogen-bond acceptors (Lipinski definition) is 6. The Bertz CT molecular complexity index is 646. The maximum atomic E-state index is 11.8. The summed E-state index contributed by atoms with van der Waals surface area (Å²) >= 11 is 0. The minimum absolute atomic E-state index is 0.0831. The van der Waals surface area contributed by atoms with E-state index in [0.29, 0.717) is 13.2 Å². The summed E-state index contributed by atoms with van der Waals surface area (Å²) in [6.45, 7) is 8.01. The molecule has 1 aromatic carbocycles. The van der Waals surface area contributed by atoms with Crippen LogP contribution in [0.25, 0.3) is 0 Å². The predicted octanol–water partition coefficient (Wildman–Crippen LogP) is 2.91. The molecule has 0 radical (unpaired) electrons. The van der Waals surface area contributed by atoms with Gasteiger partial charge in [-0.05, 0) is 33.3 Å². The summed E-state index contributed by atoms with van der Waals surface area (Å²) in [4.78, 5) is 36.0. The molecule has 0 aromatic heterocycles. The zero-order chi connectivity index (χ0) is 19.9. The van der Waals surface area contributed by atoms with Crippen LogP contribution in [0.1, 0.15) is 39.7 Å². The maximum absolute atomic E-state index is 11.8. The lowest BCUT2D eigenvalue weighted by Gasteiger charge is -2.35. The van der Waals surface area contributed by atoms with Crippen molar-refractivity contribution in [2.24, 2.45) is 0 Å². The monoisotopic (exact) mass is 377 g/mol. The van der Waals surface area contributed by atoms with Crippen LogP contribution in [-0.2, 0) is 34.4 Å². The molecule has 0 saturated heterocycles. The van der Waals surface area contributed by atoms with E-state index < -0.39 is 11.6 Å². The second-order valence-corrected chi connectivity index (χ2v) is 6.50. The first-order valence-corrected chi connectivity index (χ1v) is 9.07. The number of imide groups is 1. The van der Waals surface area contributed by atoms with Gasteiger partial charge in [0.15, 0.2) is 0 Å². The minimum atomic E-state index is -1.53. The fraction of sp³-hybridized carbons (Fsp3) is 0.500. The summed E-state index contributed by atoms with van der Waals surface area (Å²) in [5.74, 6) is -2.27. The summed E-state index contributed by atoms with van der Waals surface area (Å²) in [5, 5.41) is 0. The highest BCUT2D eigenvalue weighted by Gasteiger charge is 2.39. The quantitative estimate of drug-likeness (QED) is 0.255. The first-order valence-electron chi connectivity index (χ1n) is 9.07. The Morgan fingerprint density at radius 2 is 1.44 bits per heavy atom. The summed E-state index contributed by atoms with van der Waals surface area (Å²) in [6.07, 6.45) is 2.58. The highest BCUT2D eigenvalue weighted by atomic mass is 17.3. The number of carbonyl (C=O) groups excluding carboxylic acids is 2. The molecule has 148 valence electrons. The molecule has 0 atom stereocenters. The standard InChI is InChI=1S/C20H27NO6/c1-5-24-20(25-6-2,14-15-21-17(22)12-13-18(21)23)27-26-19(3,4)16-10-8-7-9-11-16/h7-13H,5-6,14-15H2,1-4H3. The molecule has 7 heteroatoms. The molecule has 0 unspecified atom stereocenters. The van der Waals surface area contributed by atoms with Crippen LogP contribution >= 0.6 is 0 Å². The number of nitrogens with zero attached hydrogens (tertiary/aromatic N) is 1. The number of benzene rings is 1. The van der Waals surface area contributed by atoms with E-state index in [9.17, 15) is 9.59 Å². The Morgan fingerprint density at radius 3 is 1.96 bits per heavy atom. The van der Waals surface area contributed by atoms with E-state index in [4.69, 9.17) is 19.2 Å². The molecule has 7 nitrogen and oxygen atoms in total. The average molecular weight is 377 g/mol. The van der Waals surface area contributed by atoms with Crippen molar-refractivity contribution in [2.45, 2.75) is 45.7 Å². The van der Waals surface area contributed by atoms with E-state index in [-0.39, 0.29) is 24.8 Å². The number of amides is 2. The largest absolute Gasteiger partial charge is 0.326 e. The first kappa shape index (κ1) is 21.2. The highest BCUT2D eigenvalue weighted by molar-refractivity contribution is 6.12. The number of ether oxygens (including phenoxy) is 2. The van der Waals surface area contributed by atoms with Crippen molar-refractivity contribution in [1.29, 1.82) is 0 Å². The molecule has 0 saturated carbocycles. The normalized spacial score (nSPS) is 15.0. The zero-order valence-corrected chi connectivity index (χ0v) is 16.3. The predicted molar refractivity (Wildman–Crippen MR) is 98.1 cm³/mol. The number of rotatable bonds is 11. The van der Waals surface area contributed by atoms with Gasteiger partial charge in [0.1, 0.15) is 5.60 Å². The van der Waals surface area contributed by atoms with E-state index in [1.807, 2.05) is 44.2 Å². The van der Waals surface area contributed by atoms with E-state index in [1.165, 1.54) is 12.2 Å². The Morgan fingerprint density at radius 1 is 0.889 bits per heavy atom. The van der Waals surface area contributed by atoms with Gasteiger partial charge in [0.05, 0.1) is 6.42 Å². The number of carbonyl (C=O) groups is 2. The molecule has 0 aliphatic carbocycles. The van der Waals surface area contributed by atoms with Crippen molar-refractivity contribution in [2.75, 3.05) is 19.8 Å². The second-order valence-electron chi connectivity index (χ2n) is 6.50. The van der Waals surface area contributed by atoms with Crippen molar-refractivity contribution in [3.63, 3.8) is 0 Å². The van der Waals surface area contributed by atoms with Crippen LogP contribution in [0.15, 0.2) is 42.5 Å². The third kappa shape index (κ3) is 5.46. The molecule has 0 spiro atoms. The third-order valence-electron chi connectivity index (χ3n) is 4.12. The summed E-state index contributed by atoms with van der Waals surface area (Å²) in [7, 11) is 0. The van der Waals surface area contributed by atoms with Gasteiger partial charge < -0.3 is 9.47 Å². The van der Waals surface area contributed by atoms with Crippen molar-refractivity contribution < 1.29 is 28.8 Å². The molecular weight excluding hydrogens is 350 g/mol. The molecule has 1 aliphatic rings. The molecule has 1 aromatic rings. The number of hydrogen-bond donors (Lipinski definition) is 0. The molecule has 2 rings (SSSR count). The van der Waals surface area contributed by atoms with Gasteiger partial charge in [-0.2, -0.15) is 4.89 Å². The van der Waals surface area contributed by atoms with Gasteiger partial charge >= 0.3 is 5.97 Å². The van der Waals surface area contributed by atoms with Crippen LogP contribution < -0.4 is 0 Å². The van der Waals surface area contributed by atoms with Gasteiger partial charge in [-0.15, -0.1) is 0 Å². The van der Waals surface area contributed by atoms with Crippen LogP contribution in [0.4, 0.5) is 0 Å². The molecule has 2 amide bonds. The molecule has 1 aliphatic heterocycles. The smallest absolute Gasteiger partial charge is 0.313 e. The third-order valence-corrected chi connectivity index (χ3v) is 4.12. The lowest BCUT2D eigenvalue weighted by molar-refractivity contribution is -0.531. The molecule has 1 heterocycles. The zero-order valence-electron chi connectivity index (χ0n) is 16.3. The van der Waals surface area contributed by atoms with Gasteiger partial charge in [-0.3, -0.25) is 14.5 Å². The van der Waals surface area contributed by atoms with Gasteiger partial charge in [0.2, 0.25) is 0 Å². The van der Waals surface area contributed by atoms with Crippen molar-refractivity contribution in [1.82, 2.24) is 4.90 Å². The Labute approximate surface area is 159 Å². The maximum Gasteiger partial charge on any atom is 0.313 e. The topological polar surface area (TPSA) is 74.3 Å². The van der Waals surface area contributed by atoms with Crippen molar-refractivity contribution >= 4 is 11.8 Å². The van der Waals surface area contributed by atoms with Gasteiger partial charge in [0.25, 0.3) is 11.8 Å².